The second-order valence-electron chi connectivity index (χ2n) is 4.84. The van der Waals surface area contributed by atoms with Crippen LogP contribution in [0, 0.1) is 11.8 Å². The van der Waals surface area contributed by atoms with E-state index < -0.39 is 0 Å². The minimum Gasteiger partial charge on any atom is -0.390 e. The minimum atomic E-state index is -0.344. The van der Waals surface area contributed by atoms with Crippen LogP contribution in [0.2, 0.25) is 0 Å². The average molecular weight is 184 g/mol. The van der Waals surface area contributed by atoms with Gasteiger partial charge in [0.25, 0.3) is 0 Å². The Morgan fingerprint density at radius 2 is 1.92 bits per heavy atom. The monoisotopic (exact) mass is 184 g/mol. The summed E-state index contributed by atoms with van der Waals surface area (Å²) in [5.41, 5.74) is -0.344. The quantitative estimate of drug-likeness (QED) is 0.675. The van der Waals surface area contributed by atoms with Crippen molar-refractivity contribution in [1.29, 1.82) is 0 Å². The summed E-state index contributed by atoms with van der Waals surface area (Å²) in [6.45, 7) is 3.94. The molecule has 1 aliphatic heterocycles. The topological polar surface area (TPSA) is 29.5 Å². The van der Waals surface area contributed by atoms with Gasteiger partial charge in [-0.05, 0) is 43.9 Å². The molecule has 0 spiro atoms. The van der Waals surface area contributed by atoms with Gasteiger partial charge in [0, 0.05) is 13.2 Å². The van der Waals surface area contributed by atoms with Crippen molar-refractivity contribution in [3.05, 3.63) is 0 Å². The zero-order valence-electron chi connectivity index (χ0n) is 8.46. The summed E-state index contributed by atoms with van der Waals surface area (Å²) in [4.78, 5) is 0. The highest BCUT2D eigenvalue weighted by Crippen LogP contribution is 2.42. The van der Waals surface area contributed by atoms with E-state index in [1.54, 1.807) is 0 Å². The number of aliphatic hydroxyl groups is 1. The summed E-state index contributed by atoms with van der Waals surface area (Å²) in [5.74, 6) is 1.22. The molecule has 0 bridgehead atoms. The molecule has 2 fully saturated rings. The van der Waals surface area contributed by atoms with Crippen LogP contribution in [0.15, 0.2) is 0 Å². The summed E-state index contributed by atoms with van der Waals surface area (Å²) < 4.78 is 5.32. The van der Waals surface area contributed by atoms with Crippen molar-refractivity contribution in [2.75, 3.05) is 13.2 Å². The van der Waals surface area contributed by atoms with Gasteiger partial charge in [0.05, 0.1) is 5.60 Å². The normalized spacial score (nSPS) is 42.5. The van der Waals surface area contributed by atoms with Gasteiger partial charge in [-0.15, -0.1) is 0 Å². The van der Waals surface area contributed by atoms with E-state index in [0.717, 1.165) is 38.9 Å². The van der Waals surface area contributed by atoms with Crippen molar-refractivity contribution < 1.29 is 9.84 Å². The highest BCUT2D eigenvalue weighted by atomic mass is 16.5. The van der Waals surface area contributed by atoms with E-state index in [4.69, 9.17) is 4.74 Å². The van der Waals surface area contributed by atoms with E-state index in [1.165, 1.54) is 6.42 Å². The molecule has 1 saturated heterocycles. The molecule has 2 heteroatoms. The molecule has 0 amide bonds. The van der Waals surface area contributed by atoms with E-state index in [-0.39, 0.29) is 5.60 Å². The SMILES string of the molecule is CC1CCC(O)(C2CCOCC2)C1. The van der Waals surface area contributed by atoms with Gasteiger partial charge in [0.1, 0.15) is 0 Å². The molecular weight excluding hydrogens is 164 g/mol. The Labute approximate surface area is 80.3 Å². The first-order valence-electron chi connectivity index (χ1n) is 5.51. The summed E-state index contributed by atoms with van der Waals surface area (Å²) in [5, 5.41) is 10.4. The largest absolute Gasteiger partial charge is 0.390 e. The van der Waals surface area contributed by atoms with Crippen LogP contribution in [0.25, 0.3) is 0 Å². The van der Waals surface area contributed by atoms with Crippen LogP contribution < -0.4 is 0 Å². The summed E-state index contributed by atoms with van der Waals surface area (Å²) in [7, 11) is 0. The Hall–Kier alpha value is -0.0800. The Morgan fingerprint density at radius 1 is 1.23 bits per heavy atom. The van der Waals surface area contributed by atoms with Crippen molar-refractivity contribution in [1.82, 2.24) is 0 Å². The van der Waals surface area contributed by atoms with Gasteiger partial charge in [-0.25, -0.2) is 0 Å². The van der Waals surface area contributed by atoms with Crippen LogP contribution in [-0.4, -0.2) is 23.9 Å². The van der Waals surface area contributed by atoms with Crippen LogP contribution in [0.4, 0.5) is 0 Å². The highest BCUT2D eigenvalue weighted by Gasteiger charge is 2.42. The molecule has 2 nitrogen and oxygen atoms in total. The lowest BCUT2D eigenvalue weighted by atomic mass is 9.80. The van der Waals surface area contributed by atoms with Crippen molar-refractivity contribution in [2.45, 2.75) is 44.6 Å². The number of hydrogen-bond acceptors (Lipinski definition) is 2. The van der Waals surface area contributed by atoms with E-state index >= 15 is 0 Å². The Balaban J connectivity index is 1.97. The fraction of sp³-hybridized carbons (Fsp3) is 1.00. The molecule has 1 saturated carbocycles. The zero-order chi connectivity index (χ0) is 9.31. The molecule has 1 heterocycles. The van der Waals surface area contributed by atoms with Gasteiger partial charge in [-0.1, -0.05) is 6.92 Å². The zero-order valence-corrected chi connectivity index (χ0v) is 8.46. The Morgan fingerprint density at radius 3 is 2.46 bits per heavy atom. The third kappa shape index (κ3) is 1.89. The van der Waals surface area contributed by atoms with Gasteiger partial charge in [-0.3, -0.25) is 0 Å². The van der Waals surface area contributed by atoms with E-state index in [9.17, 15) is 5.11 Å². The maximum absolute atomic E-state index is 10.4. The first-order chi connectivity index (χ1) is 6.21. The molecule has 0 aromatic rings. The van der Waals surface area contributed by atoms with Gasteiger partial charge >= 0.3 is 0 Å². The molecule has 76 valence electrons. The van der Waals surface area contributed by atoms with Crippen LogP contribution in [-0.2, 0) is 4.74 Å². The molecule has 1 N–H and O–H groups in total. The fourth-order valence-corrected chi connectivity index (χ4v) is 2.91. The molecule has 2 atom stereocenters. The van der Waals surface area contributed by atoms with Crippen LogP contribution in [0.1, 0.15) is 39.0 Å². The van der Waals surface area contributed by atoms with E-state index in [0.29, 0.717) is 11.8 Å². The molecule has 2 aliphatic rings. The van der Waals surface area contributed by atoms with Crippen molar-refractivity contribution in [3.8, 4) is 0 Å². The van der Waals surface area contributed by atoms with Gasteiger partial charge < -0.3 is 9.84 Å². The van der Waals surface area contributed by atoms with E-state index in [2.05, 4.69) is 6.92 Å². The van der Waals surface area contributed by atoms with Crippen LogP contribution in [0.3, 0.4) is 0 Å². The lowest BCUT2D eigenvalue weighted by Gasteiger charge is -2.35. The first kappa shape index (κ1) is 9.47. The predicted octanol–water partition coefficient (Wildman–Crippen LogP) is 1.96. The number of ether oxygens (including phenoxy) is 1. The lowest BCUT2D eigenvalue weighted by Crippen LogP contribution is -2.38. The third-order valence-electron chi connectivity index (χ3n) is 3.75. The molecule has 0 radical (unpaired) electrons. The molecule has 13 heavy (non-hydrogen) atoms. The predicted molar refractivity (Wildman–Crippen MR) is 51.5 cm³/mol. The lowest BCUT2D eigenvalue weighted by molar-refractivity contribution is -0.0627. The summed E-state index contributed by atoms with van der Waals surface area (Å²) in [6.07, 6.45) is 5.34. The smallest absolute Gasteiger partial charge is 0.0680 e. The van der Waals surface area contributed by atoms with Crippen molar-refractivity contribution in [2.24, 2.45) is 11.8 Å². The van der Waals surface area contributed by atoms with Crippen molar-refractivity contribution in [3.63, 3.8) is 0 Å². The summed E-state index contributed by atoms with van der Waals surface area (Å²) in [6, 6.07) is 0. The first-order valence-corrected chi connectivity index (χ1v) is 5.51. The summed E-state index contributed by atoms with van der Waals surface area (Å²) >= 11 is 0. The van der Waals surface area contributed by atoms with Gasteiger partial charge in [0.15, 0.2) is 0 Å². The van der Waals surface area contributed by atoms with Gasteiger partial charge in [0.2, 0.25) is 0 Å². The molecule has 0 aromatic carbocycles. The van der Waals surface area contributed by atoms with Crippen LogP contribution in [0.5, 0.6) is 0 Å². The Kier molecular flexibility index (Phi) is 2.61. The second kappa shape index (κ2) is 3.58. The Bertz CT molecular complexity index is 175. The molecule has 2 unspecified atom stereocenters. The van der Waals surface area contributed by atoms with E-state index in [1.807, 2.05) is 0 Å². The number of rotatable bonds is 1. The number of hydrogen-bond donors (Lipinski definition) is 1. The standard InChI is InChI=1S/C11H20O2/c1-9-2-5-11(12,8-9)10-3-6-13-7-4-10/h9-10,12H,2-8H2,1H3. The third-order valence-corrected chi connectivity index (χ3v) is 3.75. The fourth-order valence-electron chi connectivity index (χ4n) is 2.91. The molecular formula is C11H20O2. The average Bonchev–Trinajstić information content (AvgIpc) is 2.49. The highest BCUT2D eigenvalue weighted by molar-refractivity contribution is 4.93. The second-order valence-corrected chi connectivity index (χ2v) is 4.84. The molecule has 0 aromatic heterocycles. The van der Waals surface area contributed by atoms with Gasteiger partial charge in [-0.2, -0.15) is 0 Å². The maximum Gasteiger partial charge on any atom is 0.0680 e. The maximum atomic E-state index is 10.4. The minimum absolute atomic E-state index is 0.344. The molecule has 1 aliphatic carbocycles. The van der Waals surface area contributed by atoms with Crippen LogP contribution >= 0.6 is 0 Å². The molecule has 2 rings (SSSR count). The van der Waals surface area contributed by atoms with Crippen molar-refractivity contribution >= 4 is 0 Å².